The predicted octanol–water partition coefficient (Wildman–Crippen LogP) is 1.15. The number of ether oxygens (including phenoxy) is 4. The molecule has 4 unspecified atom stereocenters. The van der Waals surface area contributed by atoms with E-state index in [1.807, 2.05) is 13.8 Å². The van der Waals surface area contributed by atoms with Gasteiger partial charge in [0.15, 0.2) is 11.5 Å². The van der Waals surface area contributed by atoms with Crippen LogP contribution >= 0.6 is 0 Å². The van der Waals surface area contributed by atoms with Gasteiger partial charge in [0.2, 0.25) is 11.7 Å². The Balaban J connectivity index is 1.71. The zero-order chi connectivity index (χ0) is 28.8. The van der Waals surface area contributed by atoms with Gasteiger partial charge in [0.05, 0.1) is 25.7 Å². The van der Waals surface area contributed by atoms with Gasteiger partial charge in [-0.15, -0.1) is 0 Å². The second kappa shape index (κ2) is 8.87. The number of carbonyl (C=O) groups is 4. The molecule has 39 heavy (non-hydrogen) atoms. The van der Waals surface area contributed by atoms with Crippen molar-refractivity contribution < 1.29 is 53.4 Å². The van der Waals surface area contributed by atoms with E-state index in [1.165, 1.54) is 6.08 Å². The largest absolute Gasteiger partial charge is 0.504 e. The summed E-state index contributed by atoms with van der Waals surface area (Å²) in [6, 6.07) is 0. The third-order valence-electron chi connectivity index (χ3n) is 10.3. The molecule has 10 atom stereocenters. The molecule has 2 saturated carbocycles. The van der Waals surface area contributed by atoms with Crippen LogP contribution in [0.15, 0.2) is 23.0 Å². The van der Waals surface area contributed by atoms with Crippen LogP contribution in [0.1, 0.15) is 47.5 Å². The third-order valence-corrected chi connectivity index (χ3v) is 10.3. The van der Waals surface area contributed by atoms with E-state index in [9.17, 15) is 34.5 Å². The average molecular weight is 549 g/mol. The standard InChI is InChI=1S/C28H36O11/c1-11(2)12(3)7-17(30)39-20-22-27-10-37-28(22,25(35)36-6)23(33)19(32)21(27)26(5)9-15(29)18(31)13(4)14(26)8-16(27)38-24(20)34/h7,11,14,16,19-23,31-33H,8-10H2,1-6H3/b12-7+/t14?,16?,19-,20-,21?,22?,23+,26+,27-,28-/m0/s1. The monoisotopic (exact) mass is 548 g/mol. The number of fused-ring (bicyclic) bond motifs is 2. The predicted molar refractivity (Wildman–Crippen MR) is 132 cm³/mol. The molecule has 5 rings (SSSR count). The Labute approximate surface area is 226 Å². The first-order valence-electron chi connectivity index (χ1n) is 13.3. The van der Waals surface area contributed by atoms with Gasteiger partial charge in [-0.3, -0.25) is 4.79 Å². The zero-order valence-electron chi connectivity index (χ0n) is 22.9. The van der Waals surface area contributed by atoms with Gasteiger partial charge in [0.1, 0.15) is 12.2 Å². The summed E-state index contributed by atoms with van der Waals surface area (Å²) < 4.78 is 22.7. The first kappa shape index (κ1) is 27.8. The maximum atomic E-state index is 13.5. The smallest absolute Gasteiger partial charge is 0.348 e. The van der Waals surface area contributed by atoms with Gasteiger partial charge in [-0.2, -0.15) is 0 Å². The number of methoxy groups -OCH3 is 1. The lowest BCUT2D eigenvalue weighted by Gasteiger charge is -2.67. The van der Waals surface area contributed by atoms with E-state index >= 15 is 0 Å². The zero-order valence-corrected chi connectivity index (χ0v) is 22.9. The van der Waals surface area contributed by atoms with Crippen molar-refractivity contribution in [3.63, 3.8) is 0 Å². The number of hydrogen-bond donors (Lipinski definition) is 3. The Hall–Kier alpha value is -2.76. The van der Waals surface area contributed by atoms with Gasteiger partial charge >= 0.3 is 17.9 Å². The molecule has 3 aliphatic carbocycles. The molecule has 2 saturated heterocycles. The summed E-state index contributed by atoms with van der Waals surface area (Å²) >= 11 is 0. The summed E-state index contributed by atoms with van der Waals surface area (Å²) in [5, 5.41) is 33.7. The van der Waals surface area contributed by atoms with Crippen LogP contribution in [-0.2, 0) is 38.1 Å². The molecule has 5 aliphatic rings. The van der Waals surface area contributed by atoms with Gasteiger partial charge in [0.25, 0.3) is 0 Å². The topological polar surface area (TPSA) is 166 Å². The first-order valence-corrected chi connectivity index (χ1v) is 13.3. The fraction of sp³-hybridized carbons (Fsp3) is 0.714. The minimum atomic E-state index is -2.22. The summed E-state index contributed by atoms with van der Waals surface area (Å²) in [6.07, 6.45) is -4.75. The molecule has 2 aliphatic heterocycles. The second-order valence-electron chi connectivity index (χ2n) is 12.3. The van der Waals surface area contributed by atoms with Crippen LogP contribution in [0.4, 0.5) is 0 Å². The highest BCUT2D eigenvalue weighted by molar-refractivity contribution is 5.95. The summed E-state index contributed by atoms with van der Waals surface area (Å²) in [5.74, 6) is -6.26. The highest BCUT2D eigenvalue weighted by atomic mass is 16.6. The van der Waals surface area contributed by atoms with Crippen LogP contribution in [0.5, 0.6) is 0 Å². The lowest BCUT2D eigenvalue weighted by atomic mass is 9.38. The van der Waals surface area contributed by atoms with Crippen LogP contribution in [0, 0.1) is 34.5 Å². The molecule has 0 aromatic heterocycles. The van der Waals surface area contributed by atoms with Crippen molar-refractivity contribution in [3.8, 4) is 0 Å². The van der Waals surface area contributed by atoms with E-state index in [0.717, 1.165) is 7.11 Å². The molecule has 1 spiro atoms. The Morgan fingerprint density at radius 3 is 2.46 bits per heavy atom. The summed E-state index contributed by atoms with van der Waals surface area (Å²) in [6.45, 7) is 8.72. The highest BCUT2D eigenvalue weighted by Crippen LogP contribution is 2.72. The summed E-state index contributed by atoms with van der Waals surface area (Å²) in [4.78, 5) is 52.8. The van der Waals surface area contributed by atoms with Gasteiger partial charge in [-0.05, 0) is 43.1 Å². The number of esters is 3. The normalized spacial score (nSPS) is 44.9. The molecule has 0 aromatic carbocycles. The van der Waals surface area contributed by atoms with Crippen molar-refractivity contribution in [2.45, 2.75) is 77.5 Å². The maximum absolute atomic E-state index is 13.5. The molecule has 4 fully saturated rings. The highest BCUT2D eigenvalue weighted by Gasteiger charge is 2.85. The van der Waals surface area contributed by atoms with E-state index in [0.29, 0.717) is 11.1 Å². The minimum absolute atomic E-state index is 0.0302. The molecule has 0 aromatic rings. The summed E-state index contributed by atoms with van der Waals surface area (Å²) in [5.41, 5.74) is -3.43. The molecule has 214 valence electrons. The number of aliphatic hydroxyl groups excluding tert-OH is 3. The van der Waals surface area contributed by atoms with Gasteiger partial charge < -0.3 is 34.3 Å². The van der Waals surface area contributed by atoms with Gasteiger partial charge in [-0.1, -0.05) is 26.3 Å². The van der Waals surface area contributed by atoms with Crippen molar-refractivity contribution in [2.24, 2.45) is 34.5 Å². The van der Waals surface area contributed by atoms with Crippen LogP contribution < -0.4 is 0 Å². The van der Waals surface area contributed by atoms with E-state index in [-0.39, 0.29) is 31.1 Å². The number of aliphatic hydroxyl groups is 3. The number of carbonyl (C=O) groups excluding carboxylic acids is 4. The molecule has 11 nitrogen and oxygen atoms in total. The van der Waals surface area contributed by atoms with E-state index in [1.54, 1.807) is 20.8 Å². The minimum Gasteiger partial charge on any atom is -0.504 e. The van der Waals surface area contributed by atoms with Crippen LogP contribution in [-0.4, -0.2) is 82.7 Å². The Kier molecular flexibility index (Phi) is 6.32. The number of Topliss-reactive ketones (excluding diaryl/α,β-unsaturated/α-hetero) is 1. The number of hydrogen-bond acceptors (Lipinski definition) is 11. The van der Waals surface area contributed by atoms with Crippen molar-refractivity contribution in [3.05, 3.63) is 23.0 Å². The maximum Gasteiger partial charge on any atom is 0.348 e. The van der Waals surface area contributed by atoms with Crippen molar-refractivity contribution in [1.29, 1.82) is 0 Å². The molecule has 3 N–H and O–H groups in total. The lowest BCUT2D eigenvalue weighted by molar-refractivity contribution is -0.290. The van der Waals surface area contributed by atoms with Crippen molar-refractivity contribution in [1.82, 2.24) is 0 Å². The quantitative estimate of drug-likeness (QED) is 0.262. The van der Waals surface area contributed by atoms with Gasteiger partial charge in [-0.25, -0.2) is 14.4 Å². The van der Waals surface area contributed by atoms with E-state index in [4.69, 9.17) is 18.9 Å². The molecular formula is C28H36O11. The van der Waals surface area contributed by atoms with Crippen LogP contribution in [0.2, 0.25) is 0 Å². The fourth-order valence-electron chi connectivity index (χ4n) is 8.37. The SMILES string of the molecule is COC(=O)[C@@]12OC[C@]34C(CC5C(C)=C(O)C(=O)C[C@@]5(C)C3[C@H](O)[C@H]1O)OC(=O)[C@@H](OC(=O)/C=C(\C)C(C)C)C42. The number of ketones is 1. The van der Waals surface area contributed by atoms with Crippen molar-refractivity contribution >= 4 is 23.7 Å². The Morgan fingerprint density at radius 2 is 1.85 bits per heavy atom. The van der Waals surface area contributed by atoms with E-state index < -0.39 is 82.3 Å². The second-order valence-corrected chi connectivity index (χ2v) is 12.3. The van der Waals surface area contributed by atoms with Gasteiger partial charge in [0, 0.05) is 23.8 Å². The first-order chi connectivity index (χ1) is 18.2. The summed E-state index contributed by atoms with van der Waals surface area (Å²) in [7, 11) is 1.10. The molecule has 11 heteroatoms. The Bertz CT molecular complexity index is 1200. The third kappa shape index (κ3) is 3.39. The van der Waals surface area contributed by atoms with E-state index in [2.05, 4.69) is 0 Å². The Morgan fingerprint density at radius 1 is 1.18 bits per heavy atom. The number of allylic oxidation sites excluding steroid dienone is 3. The van der Waals surface area contributed by atoms with Crippen LogP contribution in [0.3, 0.4) is 0 Å². The van der Waals surface area contributed by atoms with Crippen LogP contribution in [0.25, 0.3) is 0 Å². The lowest BCUT2D eigenvalue weighted by Crippen LogP contribution is -2.79. The number of rotatable bonds is 4. The fourth-order valence-corrected chi connectivity index (χ4v) is 8.37. The molecule has 0 radical (unpaired) electrons. The average Bonchev–Trinajstić information content (AvgIpc) is 3.18. The van der Waals surface area contributed by atoms with Crippen molar-refractivity contribution in [2.75, 3.05) is 13.7 Å². The molecule has 2 bridgehead atoms. The molecule has 2 heterocycles. The molecule has 0 amide bonds. The molecular weight excluding hydrogens is 512 g/mol.